The molecule has 0 amide bonds. The molecule has 24 heavy (non-hydrogen) atoms. The van der Waals surface area contributed by atoms with Crippen molar-refractivity contribution < 1.29 is 21.7 Å². The lowest BCUT2D eigenvalue weighted by Crippen LogP contribution is -2.29. The van der Waals surface area contributed by atoms with Crippen molar-refractivity contribution in [3.05, 3.63) is 18.2 Å². The Bertz CT molecular complexity index is 527. The van der Waals surface area contributed by atoms with Gasteiger partial charge in [-0.15, -0.1) is 0 Å². The van der Waals surface area contributed by atoms with Crippen LogP contribution < -0.4 is 4.57 Å². The Kier molecular flexibility index (Phi) is 12.9. The topological polar surface area (TPSA) is 75.2 Å². The van der Waals surface area contributed by atoms with E-state index in [2.05, 4.69) is 53.5 Å². The van der Waals surface area contributed by atoms with Gasteiger partial charge in [0, 0.05) is 6.92 Å². The highest BCUT2D eigenvalue weighted by atomic mass is 32.3. The molecule has 0 aromatic carbocycles. The van der Waals surface area contributed by atoms with Crippen LogP contribution in [0.3, 0.4) is 0 Å². The van der Waals surface area contributed by atoms with Crippen molar-refractivity contribution in [1.82, 2.24) is 4.57 Å². The summed E-state index contributed by atoms with van der Waals surface area (Å²) in [5, 5.41) is 0. The van der Waals surface area contributed by atoms with Gasteiger partial charge in [0.05, 0.1) is 20.2 Å². The predicted molar refractivity (Wildman–Crippen MR) is 94.3 cm³/mol. The monoisotopic (exact) mass is 362 g/mol. The minimum atomic E-state index is -4.47. The average molecular weight is 363 g/mol. The lowest BCUT2D eigenvalue weighted by atomic mass is 10.1. The SMILES string of the molecule is CCCCCCCCOS(=O)(=O)[O-].CCCCn1cc[n+](C)c1C. The number of rotatable bonds is 11. The van der Waals surface area contributed by atoms with Crippen LogP contribution in [-0.4, -0.2) is 24.1 Å². The van der Waals surface area contributed by atoms with E-state index in [1.807, 2.05) is 0 Å². The number of aryl methyl sites for hydroxylation is 2. The molecule has 1 rings (SSSR count). The van der Waals surface area contributed by atoms with Gasteiger partial charge in [0.2, 0.25) is 10.4 Å². The molecule has 0 bridgehead atoms. The fourth-order valence-electron chi connectivity index (χ4n) is 2.21. The van der Waals surface area contributed by atoms with Crippen LogP contribution in [0.4, 0.5) is 0 Å². The Balaban J connectivity index is 0.000000446. The maximum absolute atomic E-state index is 9.99. The summed E-state index contributed by atoms with van der Waals surface area (Å²) in [5.41, 5.74) is 0. The van der Waals surface area contributed by atoms with E-state index in [0.29, 0.717) is 6.42 Å². The number of hydrogen-bond acceptors (Lipinski definition) is 4. The van der Waals surface area contributed by atoms with E-state index in [-0.39, 0.29) is 6.61 Å². The second-order valence-corrected chi connectivity index (χ2v) is 7.05. The fourth-order valence-corrected chi connectivity index (χ4v) is 2.53. The summed E-state index contributed by atoms with van der Waals surface area (Å²) in [4.78, 5) is 0. The standard InChI is InChI=1S/C9H17N2.C8H18O4S/c1-4-5-6-11-8-7-10(3)9(11)2;1-2-3-4-5-6-7-8-12-13(9,10)11/h7-8H,4-6H2,1-3H3;2-8H2,1H3,(H,9,10,11)/q+1;/p-1. The first-order chi connectivity index (χ1) is 11.3. The van der Waals surface area contributed by atoms with Gasteiger partial charge in [0.1, 0.15) is 12.4 Å². The number of nitrogens with zero attached hydrogens (tertiary/aromatic N) is 2. The molecule has 0 aliphatic heterocycles. The van der Waals surface area contributed by atoms with Gasteiger partial charge < -0.3 is 4.55 Å². The lowest BCUT2D eigenvalue weighted by molar-refractivity contribution is -0.677. The van der Waals surface area contributed by atoms with E-state index < -0.39 is 10.4 Å². The van der Waals surface area contributed by atoms with Crippen molar-refractivity contribution in [3.8, 4) is 0 Å². The maximum Gasteiger partial charge on any atom is 0.253 e. The van der Waals surface area contributed by atoms with Gasteiger partial charge >= 0.3 is 0 Å². The van der Waals surface area contributed by atoms with Gasteiger partial charge in [0.15, 0.2) is 0 Å². The zero-order valence-electron chi connectivity index (χ0n) is 15.7. The van der Waals surface area contributed by atoms with Gasteiger partial charge in [-0.05, 0) is 12.8 Å². The van der Waals surface area contributed by atoms with Crippen molar-refractivity contribution in [1.29, 1.82) is 0 Å². The van der Waals surface area contributed by atoms with Crippen LogP contribution in [0.15, 0.2) is 12.4 Å². The Morgan fingerprint density at radius 1 is 1.08 bits per heavy atom. The molecule has 0 spiro atoms. The largest absolute Gasteiger partial charge is 0.726 e. The highest BCUT2D eigenvalue weighted by Crippen LogP contribution is 2.05. The van der Waals surface area contributed by atoms with Crippen LogP contribution in [0.25, 0.3) is 0 Å². The van der Waals surface area contributed by atoms with E-state index in [1.54, 1.807) is 0 Å². The van der Waals surface area contributed by atoms with E-state index in [0.717, 1.165) is 19.4 Å². The van der Waals surface area contributed by atoms with Gasteiger partial charge in [-0.1, -0.05) is 52.4 Å². The average Bonchev–Trinajstić information content (AvgIpc) is 2.83. The second-order valence-electron chi connectivity index (χ2n) is 6.00. The molecule has 0 aliphatic rings. The van der Waals surface area contributed by atoms with Crippen molar-refractivity contribution in [3.63, 3.8) is 0 Å². The van der Waals surface area contributed by atoms with Gasteiger partial charge in [-0.25, -0.2) is 17.6 Å². The molecule has 142 valence electrons. The lowest BCUT2D eigenvalue weighted by Gasteiger charge is -2.06. The molecule has 1 heterocycles. The quantitative estimate of drug-likeness (QED) is 0.262. The normalized spacial score (nSPS) is 11.2. The zero-order chi connectivity index (χ0) is 18.4. The summed E-state index contributed by atoms with van der Waals surface area (Å²) < 4.78 is 38.5. The third kappa shape index (κ3) is 12.5. The fraction of sp³-hybridized carbons (Fsp3) is 0.824. The second kappa shape index (κ2) is 13.4. The summed E-state index contributed by atoms with van der Waals surface area (Å²) in [6.07, 6.45) is 13.0. The van der Waals surface area contributed by atoms with E-state index in [1.165, 1.54) is 37.9 Å². The molecule has 0 atom stereocenters. The molecule has 1 aromatic heterocycles. The predicted octanol–water partition coefficient (Wildman–Crippen LogP) is 3.24. The molecule has 7 heteroatoms. The Morgan fingerprint density at radius 2 is 1.67 bits per heavy atom. The third-order valence-electron chi connectivity index (χ3n) is 3.87. The summed E-state index contributed by atoms with van der Waals surface area (Å²) >= 11 is 0. The molecule has 6 nitrogen and oxygen atoms in total. The van der Waals surface area contributed by atoms with Crippen molar-refractivity contribution in [2.24, 2.45) is 7.05 Å². The number of hydrogen-bond donors (Lipinski definition) is 0. The molecule has 0 saturated heterocycles. The highest BCUT2D eigenvalue weighted by molar-refractivity contribution is 7.80. The molecular weight excluding hydrogens is 328 g/mol. The summed E-state index contributed by atoms with van der Waals surface area (Å²) in [6, 6.07) is 0. The Labute approximate surface area is 147 Å². The van der Waals surface area contributed by atoms with E-state index in [9.17, 15) is 13.0 Å². The molecule has 0 fully saturated rings. The van der Waals surface area contributed by atoms with Crippen LogP contribution in [0, 0.1) is 6.92 Å². The van der Waals surface area contributed by atoms with E-state index >= 15 is 0 Å². The zero-order valence-corrected chi connectivity index (χ0v) is 16.5. The van der Waals surface area contributed by atoms with Gasteiger partial charge in [-0.3, -0.25) is 4.18 Å². The molecule has 1 aromatic rings. The number of unbranched alkanes of at least 4 members (excludes halogenated alkanes) is 6. The first-order valence-corrected chi connectivity index (χ1v) is 10.3. The minimum absolute atomic E-state index is 0.0258. The van der Waals surface area contributed by atoms with Crippen molar-refractivity contribution in [2.75, 3.05) is 6.61 Å². The Hall–Kier alpha value is -0.920. The number of imidazole rings is 1. The van der Waals surface area contributed by atoms with Crippen LogP contribution in [0.2, 0.25) is 0 Å². The summed E-state index contributed by atoms with van der Waals surface area (Å²) in [6.45, 7) is 7.68. The molecule has 0 unspecified atom stereocenters. The van der Waals surface area contributed by atoms with E-state index in [4.69, 9.17) is 0 Å². The smallest absolute Gasteiger partial charge is 0.253 e. The molecule has 0 aliphatic carbocycles. The Morgan fingerprint density at radius 3 is 2.17 bits per heavy atom. The van der Waals surface area contributed by atoms with Gasteiger partial charge in [0.25, 0.3) is 5.82 Å². The maximum atomic E-state index is 9.99. The first kappa shape index (κ1) is 23.1. The molecular formula is C17H34N2O4S. The van der Waals surface area contributed by atoms with Crippen molar-refractivity contribution in [2.45, 2.75) is 78.7 Å². The van der Waals surface area contributed by atoms with Crippen molar-refractivity contribution >= 4 is 10.4 Å². The molecule has 0 N–H and O–H groups in total. The number of aromatic nitrogens is 2. The highest BCUT2D eigenvalue weighted by Gasteiger charge is 2.06. The third-order valence-corrected chi connectivity index (χ3v) is 4.33. The summed E-state index contributed by atoms with van der Waals surface area (Å²) in [7, 11) is -2.39. The molecule has 0 radical (unpaired) electrons. The van der Waals surface area contributed by atoms with Crippen LogP contribution in [0.5, 0.6) is 0 Å². The van der Waals surface area contributed by atoms with Gasteiger partial charge in [-0.2, -0.15) is 0 Å². The van der Waals surface area contributed by atoms with Crippen LogP contribution in [-0.2, 0) is 28.2 Å². The van der Waals surface area contributed by atoms with Crippen LogP contribution in [0.1, 0.15) is 71.0 Å². The first-order valence-electron chi connectivity index (χ1n) is 8.93. The minimum Gasteiger partial charge on any atom is -0.726 e. The summed E-state index contributed by atoms with van der Waals surface area (Å²) in [5.74, 6) is 1.33. The molecule has 0 saturated carbocycles. The van der Waals surface area contributed by atoms with Crippen LogP contribution >= 0.6 is 0 Å².